The van der Waals surface area contributed by atoms with Crippen LogP contribution >= 0.6 is 11.6 Å². The normalized spacial score (nSPS) is 10.6. The van der Waals surface area contributed by atoms with Crippen LogP contribution in [0.1, 0.15) is 15.9 Å². The van der Waals surface area contributed by atoms with E-state index in [0.717, 1.165) is 22.3 Å². The highest BCUT2D eigenvalue weighted by atomic mass is 35.5. The number of aromatic amines is 1. The molecule has 5 heteroatoms. The molecule has 0 fully saturated rings. The first-order chi connectivity index (χ1) is 14.5. The Morgan fingerprint density at radius 3 is 2.17 bits per heavy atom. The van der Waals surface area contributed by atoms with Crippen LogP contribution in [-0.4, -0.2) is 10.9 Å². The Balaban J connectivity index is 1.55. The van der Waals surface area contributed by atoms with Crippen LogP contribution in [0.25, 0.3) is 22.4 Å². The number of carbonyl (C=O) groups excluding carboxylic acids is 1. The summed E-state index contributed by atoms with van der Waals surface area (Å²) in [7, 11) is 0. The van der Waals surface area contributed by atoms with Crippen molar-refractivity contribution in [2.24, 2.45) is 0 Å². The van der Waals surface area contributed by atoms with Crippen molar-refractivity contribution in [3.63, 3.8) is 0 Å². The molecule has 3 aromatic carbocycles. The molecule has 0 saturated heterocycles. The van der Waals surface area contributed by atoms with E-state index in [2.05, 4.69) is 10.3 Å². The number of rotatable bonds is 4. The van der Waals surface area contributed by atoms with E-state index in [1.54, 1.807) is 18.2 Å². The van der Waals surface area contributed by atoms with Gasteiger partial charge in [0.25, 0.3) is 11.5 Å². The van der Waals surface area contributed by atoms with Crippen LogP contribution in [0.4, 0.5) is 5.69 Å². The fraction of sp³-hybridized carbons (Fsp3) is 0.0400. The second-order valence-electron chi connectivity index (χ2n) is 6.98. The predicted molar refractivity (Wildman–Crippen MR) is 122 cm³/mol. The molecule has 0 saturated carbocycles. The summed E-state index contributed by atoms with van der Waals surface area (Å²) < 4.78 is 0. The molecule has 1 aromatic heterocycles. The average molecular weight is 415 g/mol. The molecule has 30 heavy (non-hydrogen) atoms. The quantitative estimate of drug-likeness (QED) is 0.435. The lowest BCUT2D eigenvalue weighted by molar-refractivity contribution is 0.102. The van der Waals surface area contributed by atoms with Crippen molar-refractivity contribution >= 4 is 23.2 Å². The van der Waals surface area contributed by atoms with Gasteiger partial charge in [-0.3, -0.25) is 9.59 Å². The lowest BCUT2D eigenvalue weighted by Crippen LogP contribution is -2.23. The number of anilines is 1. The van der Waals surface area contributed by atoms with Crippen LogP contribution in [0, 0.1) is 6.92 Å². The predicted octanol–water partition coefficient (Wildman–Crippen LogP) is 5.92. The maximum Gasteiger partial charge on any atom is 0.261 e. The van der Waals surface area contributed by atoms with E-state index >= 15 is 0 Å². The number of hydrogen-bond acceptors (Lipinski definition) is 2. The van der Waals surface area contributed by atoms with Gasteiger partial charge in [0.1, 0.15) is 5.56 Å². The molecule has 148 valence electrons. The molecule has 0 unspecified atom stereocenters. The summed E-state index contributed by atoms with van der Waals surface area (Å²) in [6.07, 6.45) is 0. The van der Waals surface area contributed by atoms with Gasteiger partial charge in [-0.2, -0.15) is 0 Å². The summed E-state index contributed by atoms with van der Waals surface area (Å²) in [5.74, 6) is -0.484. The highest BCUT2D eigenvalue weighted by molar-refractivity contribution is 6.31. The van der Waals surface area contributed by atoms with Crippen molar-refractivity contribution in [1.29, 1.82) is 0 Å². The third-order valence-electron chi connectivity index (χ3n) is 4.89. The minimum atomic E-state index is -0.484. The number of halogens is 1. The molecule has 4 aromatic rings. The zero-order valence-corrected chi connectivity index (χ0v) is 17.0. The van der Waals surface area contributed by atoms with Gasteiger partial charge in [0.2, 0.25) is 0 Å². The Labute approximate surface area is 179 Å². The number of aryl methyl sites for hydroxylation is 1. The molecule has 1 heterocycles. The summed E-state index contributed by atoms with van der Waals surface area (Å²) in [5.41, 5.74) is 4.77. The number of pyridine rings is 1. The second kappa shape index (κ2) is 8.39. The molecule has 2 N–H and O–H groups in total. The molecule has 4 nitrogen and oxygen atoms in total. The fourth-order valence-electron chi connectivity index (χ4n) is 3.16. The molecule has 0 atom stereocenters. The molecular weight excluding hydrogens is 396 g/mol. The number of carbonyl (C=O) groups is 1. The molecular formula is C25H19ClN2O2. The smallest absolute Gasteiger partial charge is 0.261 e. The highest BCUT2D eigenvalue weighted by Gasteiger charge is 2.12. The third-order valence-corrected chi connectivity index (χ3v) is 5.29. The standard InChI is InChI=1S/C25H19ClN2O2/c1-16-7-12-20(15-22(16)26)27-24(29)21-13-14-23(28-25(21)30)19-10-8-18(9-11-19)17-5-3-2-4-6-17/h2-15H,1H3,(H,27,29)(H,28,30). The monoisotopic (exact) mass is 414 g/mol. The van der Waals surface area contributed by atoms with Gasteiger partial charge in [0, 0.05) is 16.4 Å². The first kappa shape index (κ1) is 19.7. The second-order valence-corrected chi connectivity index (χ2v) is 7.38. The number of benzene rings is 3. The van der Waals surface area contributed by atoms with E-state index in [-0.39, 0.29) is 5.56 Å². The minimum Gasteiger partial charge on any atom is -0.322 e. The topological polar surface area (TPSA) is 62.0 Å². The van der Waals surface area contributed by atoms with Crippen molar-refractivity contribution in [1.82, 2.24) is 4.98 Å². The molecule has 0 spiro atoms. The van der Waals surface area contributed by atoms with Crippen molar-refractivity contribution in [3.05, 3.63) is 111 Å². The first-order valence-electron chi connectivity index (χ1n) is 9.48. The average Bonchev–Trinajstić information content (AvgIpc) is 2.77. The van der Waals surface area contributed by atoms with Gasteiger partial charge in [-0.25, -0.2) is 0 Å². The Bertz CT molecular complexity index is 1260. The van der Waals surface area contributed by atoms with Crippen molar-refractivity contribution < 1.29 is 4.79 Å². The zero-order valence-electron chi connectivity index (χ0n) is 16.3. The molecule has 4 rings (SSSR count). The number of H-pyrrole nitrogens is 1. The van der Waals surface area contributed by atoms with Crippen molar-refractivity contribution in [3.8, 4) is 22.4 Å². The number of aromatic nitrogens is 1. The van der Waals surface area contributed by atoms with Crippen LogP contribution < -0.4 is 10.9 Å². The van der Waals surface area contributed by atoms with Gasteiger partial charge in [0.15, 0.2) is 0 Å². The summed E-state index contributed by atoms with van der Waals surface area (Å²) >= 11 is 6.09. The SMILES string of the molecule is Cc1ccc(NC(=O)c2ccc(-c3ccc(-c4ccccc4)cc3)[nH]c2=O)cc1Cl. The molecule has 1 amide bonds. The van der Waals surface area contributed by atoms with E-state index < -0.39 is 11.5 Å². The van der Waals surface area contributed by atoms with Crippen LogP contribution in [0.2, 0.25) is 5.02 Å². The number of amides is 1. The summed E-state index contributed by atoms with van der Waals surface area (Å²) in [5, 5.41) is 3.26. The van der Waals surface area contributed by atoms with Crippen LogP contribution in [0.5, 0.6) is 0 Å². The molecule has 0 aliphatic carbocycles. The summed E-state index contributed by atoms with van der Waals surface area (Å²) in [6.45, 7) is 1.88. The van der Waals surface area contributed by atoms with Crippen LogP contribution in [0.15, 0.2) is 89.7 Å². The van der Waals surface area contributed by atoms with E-state index in [4.69, 9.17) is 11.6 Å². The Kier molecular flexibility index (Phi) is 5.50. The minimum absolute atomic E-state index is 0.0383. The maximum absolute atomic E-state index is 12.5. The molecule has 0 bridgehead atoms. The molecule has 0 radical (unpaired) electrons. The third kappa shape index (κ3) is 4.19. The maximum atomic E-state index is 12.5. The van der Waals surface area contributed by atoms with Gasteiger partial charge >= 0.3 is 0 Å². The van der Waals surface area contributed by atoms with E-state index in [9.17, 15) is 9.59 Å². The van der Waals surface area contributed by atoms with E-state index in [1.165, 1.54) is 6.07 Å². The van der Waals surface area contributed by atoms with E-state index in [1.807, 2.05) is 67.6 Å². The summed E-state index contributed by atoms with van der Waals surface area (Å²) in [6, 6.07) is 26.4. The lowest BCUT2D eigenvalue weighted by Gasteiger charge is -2.08. The molecule has 0 aliphatic heterocycles. The zero-order chi connectivity index (χ0) is 21.1. The Morgan fingerprint density at radius 2 is 1.50 bits per heavy atom. The lowest BCUT2D eigenvalue weighted by atomic mass is 10.0. The summed E-state index contributed by atoms with van der Waals surface area (Å²) in [4.78, 5) is 27.8. The van der Waals surface area contributed by atoms with Gasteiger partial charge in [-0.15, -0.1) is 0 Å². The fourth-order valence-corrected chi connectivity index (χ4v) is 3.34. The largest absolute Gasteiger partial charge is 0.322 e. The highest BCUT2D eigenvalue weighted by Crippen LogP contribution is 2.24. The van der Waals surface area contributed by atoms with Crippen LogP contribution in [-0.2, 0) is 0 Å². The van der Waals surface area contributed by atoms with Crippen molar-refractivity contribution in [2.45, 2.75) is 6.92 Å². The number of nitrogens with one attached hydrogen (secondary N) is 2. The van der Waals surface area contributed by atoms with E-state index in [0.29, 0.717) is 16.4 Å². The Morgan fingerprint density at radius 1 is 0.833 bits per heavy atom. The first-order valence-corrected chi connectivity index (χ1v) is 9.86. The van der Waals surface area contributed by atoms with Gasteiger partial charge in [0.05, 0.1) is 0 Å². The van der Waals surface area contributed by atoms with Crippen LogP contribution in [0.3, 0.4) is 0 Å². The van der Waals surface area contributed by atoms with Gasteiger partial charge in [-0.1, -0.05) is 72.3 Å². The number of hydrogen-bond donors (Lipinski definition) is 2. The van der Waals surface area contributed by atoms with Gasteiger partial charge < -0.3 is 10.3 Å². The van der Waals surface area contributed by atoms with Crippen molar-refractivity contribution in [2.75, 3.05) is 5.32 Å². The molecule has 0 aliphatic rings. The van der Waals surface area contributed by atoms with Gasteiger partial charge in [-0.05, 0) is 53.4 Å². The Hall–Kier alpha value is -3.63.